The summed E-state index contributed by atoms with van der Waals surface area (Å²) in [5.41, 5.74) is 7.27. The van der Waals surface area contributed by atoms with E-state index in [0.717, 1.165) is 28.5 Å². The first kappa shape index (κ1) is 17.8. The van der Waals surface area contributed by atoms with Gasteiger partial charge in [-0.25, -0.2) is 4.98 Å². The number of ether oxygens (including phenoxy) is 1. The molecule has 4 N–H and O–H groups in total. The van der Waals surface area contributed by atoms with Gasteiger partial charge in [-0.1, -0.05) is 23.5 Å². The van der Waals surface area contributed by atoms with Gasteiger partial charge < -0.3 is 20.5 Å². The van der Waals surface area contributed by atoms with Gasteiger partial charge in [0.2, 0.25) is 5.88 Å². The Balaban J connectivity index is 1.50. The number of nitrogens with two attached hydrogens (primary N) is 1. The number of anilines is 2. The quantitative estimate of drug-likeness (QED) is 0.587. The number of pyridine rings is 1. The lowest BCUT2D eigenvalue weighted by atomic mass is 10.1. The SMILES string of the molecule is CN(CCOc1ccc(Cc2sc(=O)[nH]c2O)cc1)c1ccc(N)cn1. The summed E-state index contributed by atoms with van der Waals surface area (Å²) >= 11 is 1.02. The van der Waals surface area contributed by atoms with E-state index < -0.39 is 0 Å². The van der Waals surface area contributed by atoms with Crippen molar-refractivity contribution in [2.75, 3.05) is 30.8 Å². The summed E-state index contributed by atoms with van der Waals surface area (Å²) in [6.07, 6.45) is 2.13. The molecule has 0 fully saturated rings. The number of rotatable bonds is 7. The van der Waals surface area contributed by atoms with Gasteiger partial charge in [-0.3, -0.25) is 9.78 Å². The topological polar surface area (TPSA) is 104 Å². The third-order valence-electron chi connectivity index (χ3n) is 3.85. The third-order valence-corrected chi connectivity index (χ3v) is 4.72. The Hall–Kier alpha value is -3.00. The molecular weight excluding hydrogens is 352 g/mol. The zero-order valence-corrected chi connectivity index (χ0v) is 15.1. The van der Waals surface area contributed by atoms with Crippen LogP contribution in [-0.4, -0.2) is 35.3 Å². The molecule has 0 aliphatic heterocycles. The molecule has 0 saturated carbocycles. The second-order valence-corrected chi connectivity index (χ2v) is 6.89. The smallest absolute Gasteiger partial charge is 0.307 e. The van der Waals surface area contributed by atoms with Crippen molar-refractivity contribution in [3.8, 4) is 11.6 Å². The van der Waals surface area contributed by atoms with Gasteiger partial charge in [0.05, 0.1) is 23.3 Å². The Labute approximate surface area is 154 Å². The van der Waals surface area contributed by atoms with Gasteiger partial charge in [0.1, 0.15) is 18.2 Å². The Kier molecular flexibility index (Phi) is 5.43. The maximum atomic E-state index is 11.2. The summed E-state index contributed by atoms with van der Waals surface area (Å²) in [5, 5.41) is 9.64. The van der Waals surface area contributed by atoms with Gasteiger partial charge >= 0.3 is 4.87 Å². The predicted octanol–water partition coefficient (Wildman–Crippen LogP) is 2.23. The Morgan fingerprint density at radius 1 is 1.27 bits per heavy atom. The van der Waals surface area contributed by atoms with E-state index in [2.05, 4.69) is 9.97 Å². The molecule has 26 heavy (non-hydrogen) atoms. The zero-order chi connectivity index (χ0) is 18.5. The van der Waals surface area contributed by atoms with Crippen LogP contribution >= 0.6 is 11.3 Å². The monoisotopic (exact) mass is 372 g/mol. The van der Waals surface area contributed by atoms with E-state index in [9.17, 15) is 9.90 Å². The van der Waals surface area contributed by atoms with E-state index in [1.807, 2.05) is 48.3 Å². The second-order valence-electron chi connectivity index (χ2n) is 5.83. The molecular formula is C18H20N4O3S. The molecule has 0 saturated heterocycles. The maximum absolute atomic E-state index is 11.2. The zero-order valence-electron chi connectivity index (χ0n) is 14.3. The van der Waals surface area contributed by atoms with Crippen molar-refractivity contribution in [1.29, 1.82) is 0 Å². The molecule has 3 aromatic rings. The maximum Gasteiger partial charge on any atom is 0.307 e. The molecule has 0 atom stereocenters. The third kappa shape index (κ3) is 4.54. The molecule has 136 valence electrons. The van der Waals surface area contributed by atoms with Gasteiger partial charge in [-0.05, 0) is 29.8 Å². The van der Waals surface area contributed by atoms with Crippen LogP contribution in [0.25, 0.3) is 0 Å². The molecule has 1 aromatic carbocycles. The first-order valence-corrected chi connectivity index (χ1v) is 8.88. The molecule has 0 spiro atoms. The number of aromatic amines is 1. The van der Waals surface area contributed by atoms with Crippen LogP contribution in [0.5, 0.6) is 11.6 Å². The number of nitrogens with zero attached hydrogens (tertiary/aromatic N) is 2. The van der Waals surface area contributed by atoms with Crippen LogP contribution in [0.1, 0.15) is 10.4 Å². The lowest BCUT2D eigenvalue weighted by Crippen LogP contribution is -2.24. The second kappa shape index (κ2) is 7.92. The number of nitrogens with one attached hydrogen (secondary N) is 1. The van der Waals surface area contributed by atoms with Crippen LogP contribution < -0.4 is 20.2 Å². The summed E-state index contributed by atoms with van der Waals surface area (Å²) in [7, 11) is 1.94. The van der Waals surface area contributed by atoms with Crippen molar-refractivity contribution >= 4 is 22.8 Å². The van der Waals surface area contributed by atoms with Crippen molar-refractivity contribution < 1.29 is 9.84 Å². The van der Waals surface area contributed by atoms with Gasteiger partial charge in [0.25, 0.3) is 0 Å². The summed E-state index contributed by atoms with van der Waals surface area (Å²) < 4.78 is 5.76. The number of thiazole rings is 1. The molecule has 0 unspecified atom stereocenters. The van der Waals surface area contributed by atoms with Crippen molar-refractivity contribution in [3.05, 3.63) is 62.7 Å². The van der Waals surface area contributed by atoms with E-state index in [1.165, 1.54) is 0 Å². The summed E-state index contributed by atoms with van der Waals surface area (Å²) in [4.78, 5) is 20.2. The number of benzene rings is 1. The Morgan fingerprint density at radius 2 is 2.04 bits per heavy atom. The minimum absolute atomic E-state index is 0.0559. The van der Waals surface area contributed by atoms with E-state index in [-0.39, 0.29) is 10.8 Å². The number of H-pyrrole nitrogens is 1. The number of likely N-dealkylation sites (N-methyl/N-ethyl adjacent to an activating group) is 1. The largest absolute Gasteiger partial charge is 0.494 e. The van der Waals surface area contributed by atoms with E-state index in [0.29, 0.717) is 30.1 Å². The highest BCUT2D eigenvalue weighted by atomic mass is 32.1. The highest BCUT2D eigenvalue weighted by Gasteiger charge is 2.08. The lowest BCUT2D eigenvalue weighted by molar-refractivity contribution is 0.325. The fourth-order valence-corrected chi connectivity index (χ4v) is 3.16. The van der Waals surface area contributed by atoms with Crippen LogP contribution in [0.3, 0.4) is 0 Å². The van der Waals surface area contributed by atoms with E-state index in [1.54, 1.807) is 6.20 Å². The molecule has 0 aliphatic carbocycles. The molecule has 7 nitrogen and oxygen atoms in total. The molecule has 2 aromatic heterocycles. The molecule has 8 heteroatoms. The minimum atomic E-state index is -0.253. The molecule has 0 aliphatic rings. The molecule has 0 bridgehead atoms. The number of nitrogen functional groups attached to an aromatic ring is 1. The molecule has 2 heterocycles. The van der Waals surface area contributed by atoms with Crippen molar-refractivity contribution in [2.24, 2.45) is 0 Å². The Morgan fingerprint density at radius 3 is 2.65 bits per heavy atom. The average Bonchev–Trinajstić information content (AvgIpc) is 2.94. The number of aromatic hydroxyl groups is 1. The van der Waals surface area contributed by atoms with Gasteiger partial charge in [-0.15, -0.1) is 0 Å². The van der Waals surface area contributed by atoms with Gasteiger partial charge in [0.15, 0.2) is 0 Å². The van der Waals surface area contributed by atoms with E-state index in [4.69, 9.17) is 10.5 Å². The van der Waals surface area contributed by atoms with Crippen LogP contribution in [-0.2, 0) is 6.42 Å². The van der Waals surface area contributed by atoms with Crippen molar-refractivity contribution in [1.82, 2.24) is 9.97 Å². The standard InChI is InChI=1S/C18H20N4O3S/c1-22(16-7-4-13(19)11-20-16)8-9-25-14-5-2-12(3-6-14)10-15-17(23)21-18(24)26-15/h2-7,11,23H,8-10,19H2,1H3,(H,21,24). The van der Waals surface area contributed by atoms with Crippen molar-refractivity contribution in [2.45, 2.75) is 6.42 Å². The molecule has 0 amide bonds. The average molecular weight is 372 g/mol. The highest BCUT2D eigenvalue weighted by Crippen LogP contribution is 2.21. The first-order chi connectivity index (χ1) is 12.5. The van der Waals surface area contributed by atoms with Gasteiger partial charge in [0, 0.05) is 13.5 Å². The van der Waals surface area contributed by atoms with Crippen molar-refractivity contribution in [3.63, 3.8) is 0 Å². The normalized spacial score (nSPS) is 10.7. The summed E-state index contributed by atoms with van der Waals surface area (Å²) in [5.74, 6) is 1.54. The van der Waals surface area contributed by atoms with Crippen LogP contribution in [0.2, 0.25) is 0 Å². The summed E-state index contributed by atoms with van der Waals surface area (Å²) in [6, 6.07) is 11.3. The fourth-order valence-electron chi connectivity index (χ4n) is 2.40. The number of hydrogen-bond acceptors (Lipinski definition) is 7. The number of aromatic nitrogens is 2. The van der Waals surface area contributed by atoms with E-state index >= 15 is 0 Å². The van der Waals surface area contributed by atoms with Crippen LogP contribution in [0.15, 0.2) is 47.4 Å². The van der Waals surface area contributed by atoms with Crippen LogP contribution in [0.4, 0.5) is 11.5 Å². The van der Waals surface area contributed by atoms with Gasteiger partial charge in [-0.2, -0.15) is 0 Å². The Bertz CT molecular complexity index is 903. The first-order valence-electron chi connectivity index (χ1n) is 8.06. The lowest BCUT2D eigenvalue weighted by Gasteiger charge is -2.18. The number of hydrogen-bond donors (Lipinski definition) is 3. The molecule has 3 rings (SSSR count). The minimum Gasteiger partial charge on any atom is -0.494 e. The highest BCUT2D eigenvalue weighted by molar-refractivity contribution is 7.09. The molecule has 0 radical (unpaired) electrons. The predicted molar refractivity (Wildman–Crippen MR) is 103 cm³/mol. The van der Waals surface area contributed by atoms with Crippen LogP contribution in [0, 0.1) is 0 Å². The summed E-state index contributed by atoms with van der Waals surface area (Å²) in [6.45, 7) is 1.20. The fraction of sp³-hybridized carbons (Fsp3) is 0.222.